The van der Waals surface area contributed by atoms with E-state index >= 15 is 0 Å². The topological polar surface area (TPSA) is 29.1 Å². The molecule has 0 aliphatic carbocycles. The molecule has 2 nitrogen and oxygen atoms in total. The molecule has 1 rings (SSSR count). The average molecular weight is 242 g/mol. The van der Waals surface area contributed by atoms with Crippen molar-refractivity contribution in [3.05, 3.63) is 27.2 Å². The van der Waals surface area contributed by atoms with Gasteiger partial charge in [0.2, 0.25) is 0 Å². The second-order valence-electron chi connectivity index (χ2n) is 2.14. The number of hydrogen-bond donors (Lipinski definition) is 1. The van der Waals surface area contributed by atoms with E-state index in [2.05, 4.69) is 0 Å². The molecule has 0 spiro atoms. The molecule has 13 heavy (non-hydrogen) atoms. The summed E-state index contributed by atoms with van der Waals surface area (Å²) >= 11 is 16.8. The fraction of sp³-hybridized carbons (Fsp3) is 0. The molecular formula is C7H3Cl3FNO. The number of rotatable bonds is 1. The molecule has 0 heterocycles. The van der Waals surface area contributed by atoms with Crippen molar-refractivity contribution >= 4 is 46.7 Å². The lowest BCUT2D eigenvalue weighted by atomic mass is 10.3. The van der Waals surface area contributed by atoms with Crippen LogP contribution in [0.4, 0.5) is 14.9 Å². The molecule has 0 bridgehead atoms. The highest BCUT2D eigenvalue weighted by atomic mass is 35.5. The van der Waals surface area contributed by atoms with Gasteiger partial charge in [-0.2, -0.15) is 0 Å². The van der Waals surface area contributed by atoms with Gasteiger partial charge in [0.05, 0.1) is 20.8 Å². The minimum Gasteiger partial charge on any atom is -0.296 e. The van der Waals surface area contributed by atoms with E-state index in [1.807, 2.05) is 5.32 Å². The Morgan fingerprint density at radius 1 is 1.15 bits per heavy atom. The third kappa shape index (κ3) is 2.72. The van der Waals surface area contributed by atoms with E-state index in [0.29, 0.717) is 0 Å². The highest BCUT2D eigenvalue weighted by Gasteiger charge is 2.07. The molecule has 1 N–H and O–H groups in total. The number of carbonyl (C=O) groups excluding carboxylic acids is 1. The van der Waals surface area contributed by atoms with Gasteiger partial charge in [0.15, 0.2) is 0 Å². The van der Waals surface area contributed by atoms with Crippen LogP contribution in [-0.2, 0) is 0 Å². The summed E-state index contributed by atoms with van der Waals surface area (Å²) < 4.78 is 11.9. The molecule has 1 aromatic carbocycles. The molecule has 0 saturated heterocycles. The van der Waals surface area contributed by atoms with Crippen LogP contribution >= 0.6 is 34.8 Å². The number of amides is 1. The predicted molar refractivity (Wildman–Crippen MR) is 51.6 cm³/mol. The Labute approximate surface area is 88.6 Å². The molecule has 6 heteroatoms. The van der Waals surface area contributed by atoms with E-state index in [-0.39, 0.29) is 20.8 Å². The standard InChI is InChI=1S/C7H3Cl3FNO/c8-3-1-5(10)6(2-4(3)9)12-7(11)13/h1-2H,(H,12,13). The van der Waals surface area contributed by atoms with Crippen LogP contribution in [0, 0.1) is 0 Å². The lowest BCUT2D eigenvalue weighted by Gasteiger charge is -2.04. The molecule has 0 fully saturated rings. The number of halogens is 4. The summed E-state index contributed by atoms with van der Waals surface area (Å²) in [5.74, 6) is 0. The van der Waals surface area contributed by atoms with Crippen LogP contribution < -0.4 is 5.32 Å². The lowest BCUT2D eigenvalue weighted by Crippen LogP contribution is -2.02. The maximum Gasteiger partial charge on any atom is 0.401 e. The quantitative estimate of drug-likeness (QED) is 0.447. The fourth-order valence-electron chi connectivity index (χ4n) is 0.724. The Hall–Kier alpha value is -0.510. The third-order valence-electron chi connectivity index (χ3n) is 1.24. The van der Waals surface area contributed by atoms with Crippen molar-refractivity contribution in [3.8, 4) is 0 Å². The van der Waals surface area contributed by atoms with Crippen LogP contribution in [0.15, 0.2) is 12.1 Å². The Balaban J connectivity index is 3.08. The fourth-order valence-corrected chi connectivity index (χ4v) is 1.32. The Morgan fingerprint density at radius 3 is 2.23 bits per heavy atom. The molecule has 70 valence electrons. The zero-order valence-corrected chi connectivity index (χ0v) is 8.34. The van der Waals surface area contributed by atoms with Crippen molar-refractivity contribution in [2.75, 3.05) is 5.32 Å². The molecule has 0 aliphatic heterocycles. The minimum atomic E-state index is -1.71. The van der Waals surface area contributed by atoms with Crippen LogP contribution in [0.3, 0.4) is 0 Å². The van der Waals surface area contributed by atoms with Crippen molar-refractivity contribution in [3.63, 3.8) is 0 Å². The smallest absolute Gasteiger partial charge is 0.296 e. The van der Waals surface area contributed by atoms with Gasteiger partial charge < -0.3 is 0 Å². The second-order valence-corrected chi connectivity index (χ2v) is 3.37. The maximum absolute atomic E-state index is 11.9. The Kier molecular flexibility index (Phi) is 3.36. The van der Waals surface area contributed by atoms with Crippen molar-refractivity contribution in [2.24, 2.45) is 0 Å². The normalized spacial score (nSPS) is 9.85. The minimum absolute atomic E-state index is 0.0866. The molecule has 0 saturated carbocycles. The first-order valence-corrected chi connectivity index (χ1v) is 4.25. The number of hydrogen-bond acceptors (Lipinski definition) is 1. The third-order valence-corrected chi connectivity index (χ3v) is 2.28. The van der Waals surface area contributed by atoms with E-state index < -0.39 is 6.16 Å². The van der Waals surface area contributed by atoms with Crippen LogP contribution in [-0.4, -0.2) is 6.16 Å². The molecule has 0 aromatic heterocycles. The van der Waals surface area contributed by atoms with Crippen molar-refractivity contribution in [1.29, 1.82) is 0 Å². The summed E-state index contributed by atoms with van der Waals surface area (Å²) in [6.07, 6.45) is -1.71. The second kappa shape index (κ2) is 4.13. The predicted octanol–water partition coefficient (Wildman–Crippen LogP) is 4.15. The van der Waals surface area contributed by atoms with Gasteiger partial charge in [-0.3, -0.25) is 5.32 Å². The van der Waals surface area contributed by atoms with Crippen molar-refractivity contribution in [2.45, 2.75) is 0 Å². The average Bonchev–Trinajstić information content (AvgIpc) is 1.99. The van der Waals surface area contributed by atoms with Gasteiger partial charge in [-0.1, -0.05) is 34.8 Å². The summed E-state index contributed by atoms with van der Waals surface area (Å²) in [5, 5.41) is 2.41. The van der Waals surface area contributed by atoms with Crippen LogP contribution in [0.1, 0.15) is 0 Å². The molecule has 0 unspecified atom stereocenters. The number of anilines is 1. The van der Waals surface area contributed by atoms with Crippen LogP contribution in [0.5, 0.6) is 0 Å². The molecule has 0 aliphatic rings. The van der Waals surface area contributed by atoms with E-state index in [4.69, 9.17) is 34.8 Å². The van der Waals surface area contributed by atoms with Crippen molar-refractivity contribution in [1.82, 2.24) is 0 Å². The summed E-state index contributed by atoms with van der Waals surface area (Å²) in [6.45, 7) is 0. The van der Waals surface area contributed by atoms with Gasteiger partial charge in [0, 0.05) is 0 Å². The van der Waals surface area contributed by atoms with E-state index in [9.17, 15) is 9.18 Å². The monoisotopic (exact) mass is 241 g/mol. The lowest BCUT2D eigenvalue weighted by molar-refractivity contribution is 0.235. The maximum atomic E-state index is 11.9. The van der Waals surface area contributed by atoms with Crippen LogP contribution in [0.2, 0.25) is 15.1 Å². The van der Waals surface area contributed by atoms with Crippen LogP contribution in [0.25, 0.3) is 0 Å². The number of nitrogens with one attached hydrogen (secondary N) is 1. The molecule has 1 aromatic rings. The van der Waals surface area contributed by atoms with Gasteiger partial charge in [-0.05, 0) is 12.1 Å². The molecule has 1 amide bonds. The first kappa shape index (κ1) is 10.6. The number of carbonyl (C=O) groups is 1. The summed E-state index contributed by atoms with van der Waals surface area (Å²) in [6, 6.07) is 2.58. The summed E-state index contributed by atoms with van der Waals surface area (Å²) in [5.41, 5.74) is 0.0866. The largest absolute Gasteiger partial charge is 0.401 e. The van der Waals surface area contributed by atoms with Gasteiger partial charge in [0.25, 0.3) is 0 Å². The van der Waals surface area contributed by atoms with E-state index in [1.165, 1.54) is 12.1 Å². The van der Waals surface area contributed by atoms with Gasteiger partial charge in [0.1, 0.15) is 0 Å². The Morgan fingerprint density at radius 2 is 1.69 bits per heavy atom. The first-order valence-electron chi connectivity index (χ1n) is 3.11. The SMILES string of the molecule is O=C(F)Nc1cc(Cl)c(Cl)cc1Cl. The molecular weight excluding hydrogens is 239 g/mol. The summed E-state index contributed by atoms with van der Waals surface area (Å²) in [4.78, 5) is 10.0. The highest BCUT2D eigenvalue weighted by molar-refractivity contribution is 6.44. The van der Waals surface area contributed by atoms with E-state index in [1.54, 1.807) is 0 Å². The molecule has 0 atom stereocenters. The molecule has 0 radical (unpaired) electrons. The summed E-state index contributed by atoms with van der Waals surface area (Å²) in [7, 11) is 0. The first-order chi connectivity index (χ1) is 6.00. The number of benzene rings is 1. The van der Waals surface area contributed by atoms with Crippen molar-refractivity contribution < 1.29 is 9.18 Å². The van der Waals surface area contributed by atoms with E-state index in [0.717, 1.165) is 0 Å². The van der Waals surface area contributed by atoms with Gasteiger partial charge in [-0.15, -0.1) is 4.39 Å². The van der Waals surface area contributed by atoms with Gasteiger partial charge >= 0.3 is 6.16 Å². The van der Waals surface area contributed by atoms with Gasteiger partial charge in [-0.25, -0.2) is 4.79 Å². The zero-order valence-electron chi connectivity index (χ0n) is 6.07. The highest BCUT2D eigenvalue weighted by Crippen LogP contribution is 2.32. The zero-order chi connectivity index (χ0) is 10.0. The Bertz CT molecular complexity index is 356.